The third-order valence-electron chi connectivity index (χ3n) is 6.86. The van der Waals surface area contributed by atoms with Gasteiger partial charge in [-0.1, -0.05) is 51.3 Å². The van der Waals surface area contributed by atoms with Gasteiger partial charge >= 0.3 is 0 Å². The maximum absolute atomic E-state index is 12.8. The Morgan fingerprint density at radius 2 is 1.81 bits per heavy atom. The number of para-hydroxylation sites is 1. The topological polar surface area (TPSA) is 158 Å². The van der Waals surface area contributed by atoms with Crippen molar-refractivity contribution < 1.29 is 24.2 Å². The minimum atomic E-state index is -3.34. The molecular weight excluding hydrogens is 479 g/mol. The molecule has 1 unspecified atom stereocenters. The van der Waals surface area contributed by atoms with Gasteiger partial charge in [0.05, 0.1) is 12.6 Å². The second kappa shape index (κ2) is 12.8. The van der Waals surface area contributed by atoms with E-state index in [0.29, 0.717) is 6.42 Å². The molecule has 0 bridgehead atoms. The standard InChI is InChI=1S/C26H39N4O5P/c1-17(2)24(30-25(32)22(27)12-19-13-28-23-11-7-6-10-21(19)23)26(33)29-14-20(31)16-36(34,35)15-18-8-4-3-5-9-18/h6-7,10-11,13,17-18,22,24,28,34-35H,3-5,8-9,12,14-16,27H2,1-2H3,(H-,29,30,32,33)/p+1/t22-,24?/m0/s1. The first-order valence-electron chi connectivity index (χ1n) is 12.8. The zero-order valence-electron chi connectivity index (χ0n) is 21.2. The van der Waals surface area contributed by atoms with Gasteiger partial charge in [0.2, 0.25) is 11.8 Å². The van der Waals surface area contributed by atoms with Crippen LogP contribution < -0.4 is 16.4 Å². The summed E-state index contributed by atoms with van der Waals surface area (Å²) in [6.45, 7) is 3.27. The molecule has 0 aliphatic heterocycles. The molecule has 198 valence electrons. The normalized spacial score (nSPS) is 16.6. The number of hydrogen-bond donors (Lipinski definition) is 6. The zero-order chi connectivity index (χ0) is 26.3. The molecule has 36 heavy (non-hydrogen) atoms. The van der Waals surface area contributed by atoms with Gasteiger partial charge in [0, 0.05) is 17.1 Å². The molecule has 2 atom stereocenters. The van der Waals surface area contributed by atoms with Gasteiger partial charge in [0.25, 0.3) is 7.72 Å². The van der Waals surface area contributed by atoms with Gasteiger partial charge in [-0.15, -0.1) is 0 Å². The number of Topliss-reactive ketones (excluding diaryl/α,β-unsaturated/α-hetero) is 1. The second-order valence-corrected chi connectivity index (χ2v) is 12.8. The zero-order valence-corrected chi connectivity index (χ0v) is 22.1. The molecule has 2 amide bonds. The molecule has 1 aromatic carbocycles. The highest BCUT2D eigenvalue weighted by Gasteiger charge is 2.39. The lowest BCUT2D eigenvalue weighted by molar-refractivity contribution is -0.131. The van der Waals surface area contributed by atoms with Crippen molar-refractivity contribution in [1.29, 1.82) is 0 Å². The summed E-state index contributed by atoms with van der Waals surface area (Å²) in [6.07, 6.45) is 7.34. The van der Waals surface area contributed by atoms with E-state index >= 15 is 0 Å². The van der Waals surface area contributed by atoms with Crippen LogP contribution in [0.2, 0.25) is 0 Å². The van der Waals surface area contributed by atoms with Crippen LogP contribution in [0.3, 0.4) is 0 Å². The van der Waals surface area contributed by atoms with Crippen LogP contribution in [0.5, 0.6) is 0 Å². The molecular formula is C26H40N4O5P+. The quantitative estimate of drug-likeness (QED) is 0.236. The summed E-state index contributed by atoms with van der Waals surface area (Å²) in [6, 6.07) is 6.02. The maximum atomic E-state index is 12.8. The molecule has 1 aromatic heterocycles. The van der Waals surface area contributed by atoms with Crippen molar-refractivity contribution in [3.8, 4) is 0 Å². The summed E-state index contributed by atoms with van der Waals surface area (Å²) in [5, 5.41) is 6.26. The Labute approximate surface area is 213 Å². The lowest BCUT2D eigenvalue weighted by atomic mass is 9.91. The number of rotatable bonds is 12. The first-order chi connectivity index (χ1) is 17.1. The van der Waals surface area contributed by atoms with Crippen LogP contribution in [0.25, 0.3) is 10.9 Å². The van der Waals surface area contributed by atoms with Gasteiger partial charge in [0.1, 0.15) is 12.2 Å². The summed E-state index contributed by atoms with van der Waals surface area (Å²) < 4.78 is 0. The number of ketones is 1. The fourth-order valence-corrected chi connectivity index (χ4v) is 6.91. The highest BCUT2D eigenvalue weighted by molar-refractivity contribution is 7.65. The highest BCUT2D eigenvalue weighted by atomic mass is 31.2. The number of amides is 2. The second-order valence-electron chi connectivity index (χ2n) is 10.4. The van der Waals surface area contributed by atoms with E-state index in [1.807, 2.05) is 30.5 Å². The third kappa shape index (κ3) is 8.10. The van der Waals surface area contributed by atoms with Crippen LogP contribution >= 0.6 is 7.72 Å². The van der Waals surface area contributed by atoms with E-state index in [9.17, 15) is 24.2 Å². The summed E-state index contributed by atoms with van der Waals surface area (Å²) in [5.74, 6) is -1.37. The molecule has 1 aliphatic carbocycles. The van der Waals surface area contributed by atoms with E-state index in [1.54, 1.807) is 13.8 Å². The first kappa shape index (κ1) is 28.3. The minimum absolute atomic E-state index is 0.238. The smallest absolute Gasteiger partial charge is 0.275 e. The van der Waals surface area contributed by atoms with Crippen LogP contribution in [0.4, 0.5) is 0 Å². The molecule has 1 aliphatic rings. The van der Waals surface area contributed by atoms with E-state index < -0.39 is 37.4 Å². The van der Waals surface area contributed by atoms with Crippen LogP contribution in [0.15, 0.2) is 30.5 Å². The van der Waals surface area contributed by atoms with Crippen molar-refractivity contribution in [3.63, 3.8) is 0 Å². The fraction of sp³-hybridized carbons (Fsp3) is 0.577. The van der Waals surface area contributed by atoms with Crippen LogP contribution in [-0.2, 0) is 20.8 Å². The number of hydrogen-bond acceptors (Lipinski definition) is 6. The minimum Gasteiger partial charge on any atom is -0.361 e. The van der Waals surface area contributed by atoms with E-state index in [-0.39, 0.29) is 30.7 Å². The van der Waals surface area contributed by atoms with Gasteiger partial charge in [0.15, 0.2) is 11.9 Å². The summed E-state index contributed by atoms with van der Waals surface area (Å²) in [7, 11) is -3.34. The van der Waals surface area contributed by atoms with Crippen molar-refractivity contribution in [1.82, 2.24) is 15.6 Å². The van der Waals surface area contributed by atoms with Crippen molar-refractivity contribution in [3.05, 3.63) is 36.0 Å². The average Bonchev–Trinajstić information content (AvgIpc) is 3.23. The van der Waals surface area contributed by atoms with E-state index in [1.165, 1.54) is 6.42 Å². The lowest BCUT2D eigenvalue weighted by Gasteiger charge is -2.24. The Bertz CT molecular complexity index is 1050. The number of fused-ring (bicyclic) bond motifs is 1. The number of carbonyl (C=O) groups is 3. The Balaban J connectivity index is 1.49. The molecule has 1 fully saturated rings. The molecule has 2 aromatic rings. The number of aromatic nitrogens is 1. The third-order valence-corrected chi connectivity index (χ3v) is 8.82. The van der Waals surface area contributed by atoms with Gasteiger partial charge in [-0.05, 0) is 42.7 Å². The maximum Gasteiger partial charge on any atom is 0.275 e. The van der Waals surface area contributed by atoms with Gasteiger partial charge in [-0.2, -0.15) is 0 Å². The average molecular weight is 520 g/mol. The number of H-pyrrole nitrogens is 1. The van der Waals surface area contributed by atoms with Crippen molar-refractivity contribution in [2.45, 2.75) is 64.5 Å². The number of aromatic amines is 1. The van der Waals surface area contributed by atoms with Crippen LogP contribution in [0.1, 0.15) is 51.5 Å². The van der Waals surface area contributed by atoms with E-state index in [2.05, 4.69) is 15.6 Å². The molecule has 1 heterocycles. The molecule has 0 radical (unpaired) electrons. The number of nitrogens with one attached hydrogen (secondary N) is 3. The fourth-order valence-electron chi connectivity index (χ4n) is 4.91. The van der Waals surface area contributed by atoms with Gasteiger partial charge < -0.3 is 21.4 Å². The number of benzene rings is 1. The molecule has 7 N–H and O–H groups in total. The van der Waals surface area contributed by atoms with Crippen LogP contribution in [0, 0.1) is 11.8 Å². The largest absolute Gasteiger partial charge is 0.361 e. The molecule has 1 saturated carbocycles. The van der Waals surface area contributed by atoms with Crippen molar-refractivity contribution in [2.75, 3.05) is 18.9 Å². The molecule has 0 spiro atoms. The predicted molar refractivity (Wildman–Crippen MR) is 142 cm³/mol. The van der Waals surface area contributed by atoms with Gasteiger partial charge in [-0.25, -0.2) is 9.79 Å². The number of nitrogens with two attached hydrogens (primary N) is 1. The molecule has 9 nitrogen and oxygen atoms in total. The predicted octanol–water partition coefficient (Wildman–Crippen LogP) is 2.28. The lowest BCUT2D eigenvalue weighted by Crippen LogP contribution is -2.54. The monoisotopic (exact) mass is 519 g/mol. The number of carbonyl (C=O) groups excluding carboxylic acids is 3. The van der Waals surface area contributed by atoms with E-state index in [0.717, 1.165) is 42.1 Å². The SMILES string of the molecule is CC(C)C(NC(=O)[C@@H](N)Cc1c[nH]c2ccccc12)C(=O)NCC(=O)C[P+](O)(O)CC1CCCCC1. The van der Waals surface area contributed by atoms with Crippen LogP contribution in [-0.4, -0.2) is 63.3 Å². The summed E-state index contributed by atoms with van der Waals surface area (Å²) in [4.78, 5) is 61.9. The Hall–Kier alpha value is -2.32. The Morgan fingerprint density at radius 1 is 1.11 bits per heavy atom. The molecule has 0 saturated heterocycles. The molecule has 10 heteroatoms. The van der Waals surface area contributed by atoms with Gasteiger partial charge in [-0.3, -0.25) is 14.4 Å². The van der Waals surface area contributed by atoms with Crippen molar-refractivity contribution in [2.24, 2.45) is 17.6 Å². The Kier molecular flexibility index (Phi) is 10.0. The highest BCUT2D eigenvalue weighted by Crippen LogP contribution is 2.53. The first-order valence-corrected chi connectivity index (χ1v) is 14.8. The summed E-state index contributed by atoms with van der Waals surface area (Å²) >= 11 is 0. The molecule has 3 rings (SSSR count). The Morgan fingerprint density at radius 3 is 2.50 bits per heavy atom. The van der Waals surface area contributed by atoms with E-state index in [4.69, 9.17) is 5.73 Å². The summed E-state index contributed by atoms with van der Waals surface area (Å²) in [5.41, 5.74) is 8.03. The van der Waals surface area contributed by atoms with Crippen molar-refractivity contribution >= 4 is 36.2 Å².